The number of H-pyrrole nitrogens is 1. The van der Waals surface area contributed by atoms with Gasteiger partial charge in [-0.15, -0.1) is 0 Å². The first kappa shape index (κ1) is 17.3. The Kier molecular flexibility index (Phi) is 4.22. The van der Waals surface area contributed by atoms with Crippen molar-refractivity contribution in [1.29, 1.82) is 0 Å². The van der Waals surface area contributed by atoms with Gasteiger partial charge in [0.2, 0.25) is 0 Å². The van der Waals surface area contributed by atoms with Gasteiger partial charge in [0, 0.05) is 17.7 Å². The lowest BCUT2D eigenvalue weighted by molar-refractivity contribution is 0.0722. The molecule has 2 N–H and O–H groups in total. The number of phenols is 1. The van der Waals surface area contributed by atoms with Gasteiger partial charge in [-0.1, -0.05) is 55.8 Å². The first-order valence-electron chi connectivity index (χ1n) is 9.21. The molecule has 4 rings (SSSR count). The van der Waals surface area contributed by atoms with E-state index in [0.29, 0.717) is 18.2 Å². The number of nitrogens with one attached hydrogen (secondary N) is 1. The Balaban J connectivity index is 1.87. The lowest BCUT2D eigenvalue weighted by Crippen LogP contribution is -2.32. The maximum Gasteiger partial charge on any atom is 0.273 e. The number of hydrogen-bond donors (Lipinski definition) is 2. The molecule has 5 heteroatoms. The number of benzene rings is 2. The third kappa shape index (κ3) is 2.99. The van der Waals surface area contributed by atoms with Crippen molar-refractivity contribution in [3.05, 3.63) is 70.9 Å². The van der Waals surface area contributed by atoms with Gasteiger partial charge in [0.05, 0.1) is 11.7 Å². The number of aromatic hydroxyl groups is 1. The number of carbonyl (C=O) groups is 1. The highest BCUT2D eigenvalue weighted by atomic mass is 16.3. The SMILES string of the molecule is Cc1ccc(-c2n[nH]c3c2C(c2ccc(O)cc2)N(CC(C)C)C3=O)cc1. The fourth-order valence-corrected chi connectivity index (χ4v) is 3.71. The molecule has 27 heavy (non-hydrogen) atoms. The maximum atomic E-state index is 13.1. The van der Waals surface area contributed by atoms with Crippen molar-refractivity contribution in [2.24, 2.45) is 5.92 Å². The number of nitrogens with zero attached hydrogens (tertiary/aromatic N) is 2. The minimum atomic E-state index is -0.217. The summed E-state index contributed by atoms with van der Waals surface area (Å²) in [6.07, 6.45) is 0. The molecular formula is C22H23N3O2. The summed E-state index contributed by atoms with van der Waals surface area (Å²) in [5.74, 6) is 0.528. The second-order valence-corrected chi connectivity index (χ2v) is 7.57. The second-order valence-electron chi connectivity index (χ2n) is 7.57. The summed E-state index contributed by atoms with van der Waals surface area (Å²) in [5.41, 5.74) is 5.41. The minimum absolute atomic E-state index is 0.0253. The lowest BCUT2D eigenvalue weighted by atomic mass is 9.95. The Morgan fingerprint density at radius 2 is 1.78 bits per heavy atom. The number of phenolic OH excluding ortho intramolecular Hbond substituents is 1. The molecule has 0 saturated carbocycles. The van der Waals surface area contributed by atoms with Crippen LogP contribution in [0.2, 0.25) is 0 Å². The highest BCUT2D eigenvalue weighted by Gasteiger charge is 2.42. The molecule has 2 aromatic carbocycles. The van der Waals surface area contributed by atoms with E-state index in [0.717, 1.165) is 22.4 Å². The summed E-state index contributed by atoms with van der Waals surface area (Å²) in [6, 6.07) is 15.0. The van der Waals surface area contributed by atoms with Crippen molar-refractivity contribution < 1.29 is 9.90 Å². The van der Waals surface area contributed by atoms with Crippen LogP contribution in [0.25, 0.3) is 11.3 Å². The van der Waals surface area contributed by atoms with E-state index >= 15 is 0 Å². The molecule has 0 radical (unpaired) electrons. The van der Waals surface area contributed by atoms with Crippen molar-refractivity contribution in [1.82, 2.24) is 15.1 Å². The van der Waals surface area contributed by atoms with Gasteiger partial charge in [-0.3, -0.25) is 9.89 Å². The second kappa shape index (κ2) is 6.58. The predicted molar refractivity (Wildman–Crippen MR) is 105 cm³/mol. The zero-order valence-electron chi connectivity index (χ0n) is 15.7. The van der Waals surface area contributed by atoms with Crippen molar-refractivity contribution in [3.8, 4) is 17.0 Å². The standard InChI is InChI=1S/C22H23N3O2/c1-13(2)12-25-21(16-8-10-17(26)11-9-16)18-19(23-24-20(18)22(25)27)15-6-4-14(3)5-7-15/h4-11,13,21,26H,12H2,1-3H3,(H,23,24). The molecule has 138 valence electrons. The zero-order chi connectivity index (χ0) is 19.1. The third-order valence-corrected chi connectivity index (χ3v) is 4.96. The molecule has 0 saturated heterocycles. The first-order valence-corrected chi connectivity index (χ1v) is 9.21. The van der Waals surface area contributed by atoms with Gasteiger partial charge in [0.15, 0.2) is 0 Å². The molecule has 0 bridgehead atoms. The van der Waals surface area contributed by atoms with E-state index in [1.54, 1.807) is 12.1 Å². The number of aryl methyl sites for hydroxylation is 1. The van der Waals surface area contributed by atoms with Gasteiger partial charge < -0.3 is 10.0 Å². The van der Waals surface area contributed by atoms with Gasteiger partial charge in [-0.25, -0.2) is 0 Å². The van der Waals surface area contributed by atoms with E-state index in [1.165, 1.54) is 5.56 Å². The molecule has 2 heterocycles. The quantitative estimate of drug-likeness (QED) is 0.728. The Bertz CT molecular complexity index is 972. The summed E-state index contributed by atoms with van der Waals surface area (Å²) >= 11 is 0. The van der Waals surface area contributed by atoms with Crippen LogP contribution < -0.4 is 0 Å². The molecule has 1 aliphatic heterocycles. The molecule has 5 nitrogen and oxygen atoms in total. The summed E-state index contributed by atoms with van der Waals surface area (Å²) in [4.78, 5) is 15.0. The molecule has 1 amide bonds. The van der Waals surface area contributed by atoms with Crippen LogP contribution in [-0.2, 0) is 0 Å². The number of amides is 1. The van der Waals surface area contributed by atoms with Gasteiger partial charge in [0.25, 0.3) is 5.91 Å². The molecule has 1 aromatic heterocycles. The number of aromatic amines is 1. The van der Waals surface area contributed by atoms with Gasteiger partial charge >= 0.3 is 0 Å². The molecule has 1 aliphatic rings. The zero-order valence-corrected chi connectivity index (χ0v) is 15.7. The fourth-order valence-electron chi connectivity index (χ4n) is 3.71. The third-order valence-electron chi connectivity index (χ3n) is 4.96. The highest BCUT2D eigenvalue weighted by Crippen LogP contribution is 2.43. The summed E-state index contributed by atoms with van der Waals surface area (Å²) < 4.78 is 0. The normalized spacial score (nSPS) is 16.2. The van der Waals surface area contributed by atoms with Crippen LogP contribution >= 0.6 is 0 Å². The Morgan fingerprint density at radius 1 is 1.11 bits per heavy atom. The smallest absolute Gasteiger partial charge is 0.273 e. The van der Waals surface area contributed by atoms with Crippen molar-refractivity contribution in [3.63, 3.8) is 0 Å². The van der Waals surface area contributed by atoms with Crippen molar-refractivity contribution >= 4 is 5.91 Å². The molecule has 3 aromatic rings. The van der Waals surface area contributed by atoms with E-state index in [1.807, 2.05) is 36.1 Å². The van der Waals surface area contributed by atoms with E-state index < -0.39 is 0 Å². The highest BCUT2D eigenvalue weighted by molar-refractivity contribution is 6.00. The number of rotatable bonds is 4. The predicted octanol–water partition coefficient (Wildman–Crippen LogP) is 4.29. The Labute approximate surface area is 158 Å². The summed E-state index contributed by atoms with van der Waals surface area (Å²) in [7, 11) is 0. The van der Waals surface area contributed by atoms with Crippen LogP contribution in [0.15, 0.2) is 48.5 Å². The maximum absolute atomic E-state index is 13.1. The molecule has 0 aliphatic carbocycles. The molecule has 0 fully saturated rings. The lowest BCUT2D eigenvalue weighted by Gasteiger charge is -2.28. The van der Waals surface area contributed by atoms with Crippen LogP contribution in [0.4, 0.5) is 0 Å². The van der Waals surface area contributed by atoms with Crippen LogP contribution in [-0.4, -0.2) is 32.7 Å². The molecular weight excluding hydrogens is 338 g/mol. The number of hydrogen-bond acceptors (Lipinski definition) is 3. The number of fused-ring (bicyclic) bond motifs is 1. The van der Waals surface area contributed by atoms with E-state index in [9.17, 15) is 9.90 Å². The van der Waals surface area contributed by atoms with E-state index in [2.05, 4.69) is 36.2 Å². The average Bonchev–Trinajstić information content (AvgIpc) is 3.17. The van der Waals surface area contributed by atoms with Gasteiger partial charge in [-0.05, 0) is 30.5 Å². The van der Waals surface area contributed by atoms with Gasteiger partial charge in [0.1, 0.15) is 11.4 Å². The Morgan fingerprint density at radius 3 is 2.41 bits per heavy atom. The van der Waals surface area contributed by atoms with E-state index in [-0.39, 0.29) is 17.7 Å². The van der Waals surface area contributed by atoms with Crippen molar-refractivity contribution in [2.75, 3.05) is 6.54 Å². The van der Waals surface area contributed by atoms with E-state index in [4.69, 9.17) is 0 Å². The Hall–Kier alpha value is -3.08. The van der Waals surface area contributed by atoms with Crippen LogP contribution in [0.5, 0.6) is 5.75 Å². The van der Waals surface area contributed by atoms with Gasteiger partial charge in [-0.2, -0.15) is 5.10 Å². The summed E-state index contributed by atoms with van der Waals surface area (Å²) in [6.45, 7) is 6.91. The first-order chi connectivity index (χ1) is 13.0. The molecule has 1 unspecified atom stereocenters. The van der Waals surface area contributed by atoms with Crippen molar-refractivity contribution in [2.45, 2.75) is 26.8 Å². The minimum Gasteiger partial charge on any atom is -0.508 e. The van der Waals surface area contributed by atoms with Crippen LogP contribution in [0.1, 0.15) is 47.1 Å². The molecule has 0 spiro atoms. The summed E-state index contributed by atoms with van der Waals surface area (Å²) in [5, 5.41) is 17.1. The number of carbonyl (C=O) groups excluding carboxylic acids is 1. The topological polar surface area (TPSA) is 69.2 Å². The number of aromatic nitrogens is 2. The van der Waals surface area contributed by atoms with Crippen LogP contribution in [0.3, 0.4) is 0 Å². The molecule has 1 atom stereocenters. The fraction of sp³-hybridized carbons (Fsp3) is 0.273. The monoisotopic (exact) mass is 361 g/mol. The average molecular weight is 361 g/mol. The largest absolute Gasteiger partial charge is 0.508 e. The van der Waals surface area contributed by atoms with Crippen LogP contribution in [0, 0.1) is 12.8 Å².